The molecule has 2 aromatic rings. The monoisotopic (exact) mass is 471 g/mol. The Morgan fingerprint density at radius 3 is 2.54 bits per heavy atom. The molecular formula is C18H22BrN3O5S. The number of rotatable bonds is 7. The van der Waals surface area contributed by atoms with Crippen LogP contribution in [-0.4, -0.2) is 40.3 Å². The second-order valence-corrected chi connectivity index (χ2v) is 7.92. The van der Waals surface area contributed by atoms with E-state index in [4.69, 9.17) is 9.47 Å². The number of aromatic nitrogens is 2. The van der Waals surface area contributed by atoms with E-state index in [1.54, 1.807) is 27.7 Å². The third kappa shape index (κ3) is 4.61. The molecule has 0 atom stereocenters. The van der Waals surface area contributed by atoms with E-state index < -0.39 is 17.8 Å². The van der Waals surface area contributed by atoms with E-state index in [2.05, 4.69) is 26.3 Å². The summed E-state index contributed by atoms with van der Waals surface area (Å²) in [5, 5.41) is 7.07. The van der Waals surface area contributed by atoms with Gasteiger partial charge in [-0.3, -0.25) is 9.48 Å². The van der Waals surface area contributed by atoms with E-state index in [-0.39, 0.29) is 28.2 Å². The molecule has 0 saturated carbocycles. The molecule has 1 amide bonds. The maximum absolute atomic E-state index is 12.8. The summed E-state index contributed by atoms with van der Waals surface area (Å²) in [5.41, 5.74) is 0.871. The van der Waals surface area contributed by atoms with Gasteiger partial charge in [0.05, 0.1) is 28.9 Å². The van der Waals surface area contributed by atoms with Crippen molar-refractivity contribution in [3.8, 4) is 0 Å². The maximum Gasteiger partial charge on any atom is 0.348 e. The first-order chi connectivity index (χ1) is 13.2. The first-order valence-corrected chi connectivity index (χ1v) is 10.4. The average Bonchev–Trinajstić information content (AvgIpc) is 3.14. The van der Waals surface area contributed by atoms with E-state index in [9.17, 15) is 14.4 Å². The van der Waals surface area contributed by atoms with Crippen molar-refractivity contribution >= 4 is 50.1 Å². The molecule has 0 radical (unpaired) electrons. The van der Waals surface area contributed by atoms with Gasteiger partial charge in [0.15, 0.2) is 0 Å². The molecule has 2 rings (SSSR count). The largest absolute Gasteiger partial charge is 0.462 e. The molecule has 10 heteroatoms. The number of anilines is 1. The second-order valence-electron chi connectivity index (χ2n) is 6.05. The molecule has 2 heterocycles. The molecule has 0 spiro atoms. The van der Waals surface area contributed by atoms with Gasteiger partial charge in [0.25, 0.3) is 5.91 Å². The molecule has 152 valence electrons. The van der Waals surface area contributed by atoms with Crippen molar-refractivity contribution in [2.24, 2.45) is 0 Å². The van der Waals surface area contributed by atoms with Crippen molar-refractivity contribution in [2.75, 3.05) is 11.9 Å². The zero-order valence-electron chi connectivity index (χ0n) is 16.3. The Balaban J connectivity index is 2.47. The normalized spacial score (nSPS) is 10.8. The number of hydrogen-bond acceptors (Lipinski definition) is 7. The Kier molecular flexibility index (Phi) is 7.36. The van der Waals surface area contributed by atoms with Gasteiger partial charge < -0.3 is 14.8 Å². The van der Waals surface area contributed by atoms with Gasteiger partial charge in [0.1, 0.15) is 15.6 Å². The number of carbonyl (C=O) groups excluding carboxylic acids is 3. The smallest absolute Gasteiger partial charge is 0.348 e. The van der Waals surface area contributed by atoms with Crippen molar-refractivity contribution in [3.63, 3.8) is 0 Å². The Labute approximate surface area is 175 Å². The van der Waals surface area contributed by atoms with Crippen LogP contribution in [0.2, 0.25) is 0 Å². The fraction of sp³-hybridized carbons (Fsp3) is 0.444. The summed E-state index contributed by atoms with van der Waals surface area (Å²) in [6.07, 6.45) is 1.17. The van der Waals surface area contributed by atoms with Crippen LogP contribution in [0.1, 0.15) is 63.8 Å². The van der Waals surface area contributed by atoms with Gasteiger partial charge in [0.2, 0.25) is 0 Å². The minimum absolute atomic E-state index is 0.147. The van der Waals surface area contributed by atoms with Crippen molar-refractivity contribution in [1.29, 1.82) is 0 Å². The van der Waals surface area contributed by atoms with Crippen LogP contribution in [-0.2, 0) is 16.0 Å². The Hall–Kier alpha value is -2.20. The minimum Gasteiger partial charge on any atom is -0.462 e. The van der Waals surface area contributed by atoms with Crippen LogP contribution >= 0.6 is 27.3 Å². The summed E-state index contributed by atoms with van der Waals surface area (Å²) in [6, 6.07) is 0. The lowest BCUT2D eigenvalue weighted by Crippen LogP contribution is -2.20. The fourth-order valence-corrected chi connectivity index (χ4v) is 4.06. The van der Waals surface area contributed by atoms with Crippen LogP contribution < -0.4 is 5.32 Å². The van der Waals surface area contributed by atoms with Gasteiger partial charge in [-0.25, -0.2) is 9.59 Å². The zero-order valence-corrected chi connectivity index (χ0v) is 18.7. The van der Waals surface area contributed by atoms with E-state index in [0.717, 1.165) is 11.3 Å². The van der Waals surface area contributed by atoms with Gasteiger partial charge in [-0.05, 0) is 56.1 Å². The molecular weight excluding hydrogens is 450 g/mol. The number of ether oxygens (including phenoxy) is 2. The molecule has 0 aliphatic heterocycles. The van der Waals surface area contributed by atoms with Crippen molar-refractivity contribution in [3.05, 3.63) is 32.4 Å². The highest BCUT2D eigenvalue weighted by Crippen LogP contribution is 2.35. The van der Waals surface area contributed by atoms with E-state index in [0.29, 0.717) is 22.3 Å². The number of carbonyl (C=O) groups is 3. The van der Waals surface area contributed by atoms with Crippen LogP contribution in [0.5, 0.6) is 0 Å². The van der Waals surface area contributed by atoms with Crippen molar-refractivity contribution in [2.45, 2.75) is 47.3 Å². The lowest BCUT2D eigenvalue weighted by Gasteiger charge is -2.11. The molecule has 8 nitrogen and oxygen atoms in total. The van der Waals surface area contributed by atoms with Crippen LogP contribution in [0.3, 0.4) is 0 Å². The van der Waals surface area contributed by atoms with E-state index >= 15 is 0 Å². The van der Waals surface area contributed by atoms with Crippen molar-refractivity contribution < 1.29 is 23.9 Å². The summed E-state index contributed by atoms with van der Waals surface area (Å²) in [7, 11) is 0. The second kappa shape index (κ2) is 9.33. The SMILES string of the molecule is CCOC(=O)c1sc(NC(=O)c2c(Br)cnn2CC)c(C(=O)OC(C)C)c1C. The quantitative estimate of drug-likeness (QED) is 0.611. The summed E-state index contributed by atoms with van der Waals surface area (Å²) in [6.45, 7) is 9.32. The van der Waals surface area contributed by atoms with E-state index in [1.165, 1.54) is 10.9 Å². The number of aryl methyl sites for hydroxylation is 1. The molecule has 0 aromatic carbocycles. The average molecular weight is 472 g/mol. The van der Waals surface area contributed by atoms with Gasteiger partial charge in [-0.15, -0.1) is 11.3 Å². The topological polar surface area (TPSA) is 99.5 Å². The van der Waals surface area contributed by atoms with Crippen LogP contribution in [0.4, 0.5) is 5.00 Å². The predicted octanol–water partition coefficient (Wildman–Crippen LogP) is 4.03. The number of amides is 1. The van der Waals surface area contributed by atoms with Gasteiger partial charge in [-0.1, -0.05) is 0 Å². The number of esters is 2. The first-order valence-electron chi connectivity index (χ1n) is 8.75. The maximum atomic E-state index is 12.8. The predicted molar refractivity (Wildman–Crippen MR) is 109 cm³/mol. The number of nitrogens with zero attached hydrogens (tertiary/aromatic N) is 2. The zero-order chi connectivity index (χ0) is 21.0. The molecule has 2 aromatic heterocycles. The highest BCUT2D eigenvalue weighted by atomic mass is 79.9. The highest BCUT2D eigenvalue weighted by molar-refractivity contribution is 9.10. The third-order valence-corrected chi connectivity index (χ3v) is 5.46. The van der Waals surface area contributed by atoms with Gasteiger partial charge in [-0.2, -0.15) is 5.10 Å². The summed E-state index contributed by atoms with van der Waals surface area (Å²) in [5.74, 6) is -1.62. The van der Waals surface area contributed by atoms with Crippen LogP contribution in [0, 0.1) is 6.92 Å². The summed E-state index contributed by atoms with van der Waals surface area (Å²) in [4.78, 5) is 37.9. The van der Waals surface area contributed by atoms with Crippen LogP contribution in [0.25, 0.3) is 0 Å². The number of hydrogen-bond donors (Lipinski definition) is 1. The standard InChI is InChI=1S/C18H22BrN3O5S/c1-6-22-13(11(19)8-20-22)15(23)21-16-12(17(24)27-9(3)4)10(5)14(28-16)18(25)26-7-2/h8-9H,6-7H2,1-5H3,(H,21,23). The molecule has 0 aliphatic carbocycles. The lowest BCUT2D eigenvalue weighted by molar-refractivity contribution is 0.0379. The minimum atomic E-state index is -0.613. The number of thiophene rings is 1. The molecule has 0 unspecified atom stereocenters. The van der Waals surface area contributed by atoms with Crippen molar-refractivity contribution in [1.82, 2.24) is 9.78 Å². The number of nitrogens with one attached hydrogen (secondary N) is 1. The fourth-order valence-electron chi connectivity index (χ4n) is 2.50. The molecule has 0 bridgehead atoms. The number of halogens is 1. The third-order valence-electron chi connectivity index (χ3n) is 3.69. The lowest BCUT2D eigenvalue weighted by atomic mass is 10.1. The molecule has 1 N–H and O–H groups in total. The highest BCUT2D eigenvalue weighted by Gasteiger charge is 2.29. The van der Waals surface area contributed by atoms with E-state index in [1.807, 2.05) is 6.92 Å². The van der Waals surface area contributed by atoms with Crippen LogP contribution in [0.15, 0.2) is 10.7 Å². The molecule has 0 aliphatic rings. The molecule has 0 saturated heterocycles. The molecule has 28 heavy (non-hydrogen) atoms. The van der Waals surface area contributed by atoms with Gasteiger partial charge in [0, 0.05) is 6.54 Å². The Morgan fingerprint density at radius 1 is 1.29 bits per heavy atom. The Bertz CT molecular complexity index is 903. The first kappa shape index (κ1) is 22.1. The van der Waals surface area contributed by atoms with Gasteiger partial charge >= 0.3 is 11.9 Å². The Morgan fingerprint density at radius 2 is 1.96 bits per heavy atom. The molecule has 0 fully saturated rings. The summed E-state index contributed by atoms with van der Waals surface area (Å²) >= 11 is 4.29. The summed E-state index contributed by atoms with van der Waals surface area (Å²) < 4.78 is 12.4.